The molecule has 3 aromatic heterocycles. The summed E-state index contributed by atoms with van der Waals surface area (Å²) in [5, 5.41) is 7.15. The first-order valence-corrected chi connectivity index (χ1v) is 14.8. The fraction of sp³-hybridized carbons (Fsp3) is 0.241. The Morgan fingerprint density at radius 3 is 2.68 bits per heavy atom. The number of hydrogen-bond donors (Lipinski definition) is 3. The van der Waals surface area contributed by atoms with Crippen LogP contribution in [0.4, 0.5) is 5.82 Å². The number of pyridine rings is 1. The van der Waals surface area contributed by atoms with Crippen molar-refractivity contribution in [2.24, 2.45) is 5.92 Å². The lowest BCUT2D eigenvalue weighted by molar-refractivity contribution is 0.0932. The highest BCUT2D eigenvalue weighted by molar-refractivity contribution is 7.88. The van der Waals surface area contributed by atoms with Crippen LogP contribution in [0.2, 0.25) is 0 Å². The number of carbonyl (C=O) groups excluding carboxylic acids is 1. The Morgan fingerprint density at radius 2 is 1.95 bits per heavy atom. The Balaban J connectivity index is 1.58. The smallest absolute Gasteiger partial charge is 0.274 e. The maximum atomic E-state index is 14.2. The highest BCUT2D eigenvalue weighted by Gasteiger charge is 2.29. The second-order valence-electron chi connectivity index (χ2n) is 9.86. The number of nitrogens with two attached hydrogens (primary N) is 1. The highest BCUT2D eigenvalue weighted by Crippen LogP contribution is 2.33. The van der Waals surface area contributed by atoms with Crippen LogP contribution in [0.15, 0.2) is 65.6 Å². The number of imidazole rings is 1. The minimum absolute atomic E-state index is 0.0444. The summed E-state index contributed by atoms with van der Waals surface area (Å²) < 4.78 is 28.2. The average Bonchev–Trinajstić information content (AvgIpc) is 3.27. The molecule has 41 heavy (non-hydrogen) atoms. The van der Waals surface area contributed by atoms with Crippen LogP contribution in [0.25, 0.3) is 17.4 Å². The topological polar surface area (TPSA) is 153 Å². The fourth-order valence-corrected chi connectivity index (χ4v) is 5.23. The van der Waals surface area contributed by atoms with Crippen LogP contribution in [-0.4, -0.2) is 46.3 Å². The summed E-state index contributed by atoms with van der Waals surface area (Å²) in [6.07, 6.45) is 6.45. The number of allylic oxidation sites excluding steroid dienone is 1. The van der Waals surface area contributed by atoms with Gasteiger partial charge in [-0.05, 0) is 48.7 Å². The van der Waals surface area contributed by atoms with E-state index in [9.17, 15) is 18.0 Å². The Labute approximate surface area is 237 Å². The van der Waals surface area contributed by atoms with E-state index in [-0.39, 0.29) is 29.5 Å². The van der Waals surface area contributed by atoms with Gasteiger partial charge in [0.25, 0.3) is 11.5 Å². The molecule has 0 aliphatic heterocycles. The molecule has 0 spiro atoms. The third-order valence-corrected chi connectivity index (χ3v) is 7.51. The van der Waals surface area contributed by atoms with E-state index in [0.717, 1.165) is 6.26 Å². The number of rotatable bonds is 6. The summed E-state index contributed by atoms with van der Waals surface area (Å²) in [5.41, 5.74) is 8.70. The molecule has 0 bridgehead atoms. The van der Waals surface area contributed by atoms with Gasteiger partial charge in [0, 0.05) is 23.1 Å². The summed E-state index contributed by atoms with van der Waals surface area (Å²) in [6.45, 7) is 3.69. The largest absolute Gasteiger partial charge is 0.382 e. The second-order valence-corrected chi connectivity index (χ2v) is 11.7. The molecule has 0 saturated carbocycles. The van der Waals surface area contributed by atoms with Gasteiger partial charge in [-0.3, -0.25) is 14.2 Å². The Morgan fingerprint density at radius 1 is 1.20 bits per heavy atom. The van der Waals surface area contributed by atoms with Crippen LogP contribution in [0.1, 0.15) is 53.1 Å². The number of amides is 1. The number of anilines is 1. The number of aromatic nitrogens is 4. The molecule has 12 heteroatoms. The maximum Gasteiger partial charge on any atom is 0.274 e. The van der Waals surface area contributed by atoms with E-state index in [2.05, 4.69) is 32.0 Å². The van der Waals surface area contributed by atoms with Crippen LogP contribution in [0.3, 0.4) is 0 Å². The molecule has 1 aromatic carbocycles. The zero-order valence-corrected chi connectivity index (χ0v) is 23.5. The molecular weight excluding hydrogens is 542 g/mol. The van der Waals surface area contributed by atoms with Crippen molar-refractivity contribution in [1.29, 1.82) is 0 Å². The van der Waals surface area contributed by atoms with Crippen molar-refractivity contribution in [3.63, 3.8) is 0 Å². The predicted octanol–water partition coefficient (Wildman–Crippen LogP) is 2.25. The zero-order valence-electron chi connectivity index (χ0n) is 22.7. The van der Waals surface area contributed by atoms with Crippen LogP contribution in [0.5, 0.6) is 0 Å². The van der Waals surface area contributed by atoms with Gasteiger partial charge in [-0.25, -0.2) is 22.6 Å². The normalized spacial score (nSPS) is 17.0. The molecule has 3 heterocycles. The highest BCUT2D eigenvalue weighted by atomic mass is 32.2. The van der Waals surface area contributed by atoms with E-state index >= 15 is 0 Å². The second kappa shape index (κ2) is 11.0. The van der Waals surface area contributed by atoms with E-state index < -0.39 is 27.9 Å². The van der Waals surface area contributed by atoms with Crippen LogP contribution in [-0.2, 0) is 10.0 Å². The van der Waals surface area contributed by atoms with Gasteiger partial charge >= 0.3 is 0 Å². The van der Waals surface area contributed by atoms with Crippen molar-refractivity contribution in [2.75, 3.05) is 18.5 Å². The molecule has 210 valence electrons. The predicted molar refractivity (Wildman–Crippen MR) is 157 cm³/mol. The molecule has 2 unspecified atom stereocenters. The van der Waals surface area contributed by atoms with Gasteiger partial charge in [0.1, 0.15) is 0 Å². The summed E-state index contributed by atoms with van der Waals surface area (Å²) in [4.78, 5) is 31.8. The molecule has 0 fully saturated rings. The molecular formula is C29H29N7O4S. The van der Waals surface area contributed by atoms with Gasteiger partial charge in [0.15, 0.2) is 17.2 Å². The van der Waals surface area contributed by atoms with Crippen molar-refractivity contribution in [3.8, 4) is 17.5 Å². The van der Waals surface area contributed by atoms with Gasteiger partial charge < -0.3 is 11.1 Å². The van der Waals surface area contributed by atoms with E-state index in [0.29, 0.717) is 28.2 Å². The van der Waals surface area contributed by atoms with E-state index in [1.54, 1.807) is 23.6 Å². The van der Waals surface area contributed by atoms with Crippen molar-refractivity contribution in [3.05, 3.63) is 93.7 Å². The zero-order chi connectivity index (χ0) is 29.3. The van der Waals surface area contributed by atoms with Crippen molar-refractivity contribution < 1.29 is 13.2 Å². The lowest BCUT2D eigenvalue weighted by Gasteiger charge is -2.27. The first kappa shape index (κ1) is 27.8. The van der Waals surface area contributed by atoms with Gasteiger partial charge in [-0.15, -0.1) is 0 Å². The molecule has 3 atom stereocenters. The molecule has 11 nitrogen and oxygen atoms in total. The third kappa shape index (κ3) is 5.63. The summed E-state index contributed by atoms with van der Waals surface area (Å²) in [5.74, 6) is 4.98. The van der Waals surface area contributed by atoms with Gasteiger partial charge in [-0.2, -0.15) is 5.10 Å². The minimum atomic E-state index is -3.39. The summed E-state index contributed by atoms with van der Waals surface area (Å²) in [7, 11) is -3.39. The van der Waals surface area contributed by atoms with E-state index in [4.69, 9.17) is 5.73 Å². The van der Waals surface area contributed by atoms with Crippen LogP contribution >= 0.6 is 0 Å². The molecule has 5 rings (SSSR count). The molecule has 1 aliphatic rings. The number of benzene rings is 1. The first-order chi connectivity index (χ1) is 19.5. The van der Waals surface area contributed by atoms with E-state index in [1.165, 1.54) is 10.7 Å². The number of carbonyl (C=O) groups is 1. The monoisotopic (exact) mass is 571 g/mol. The van der Waals surface area contributed by atoms with Crippen LogP contribution in [0, 0.1) is 17.8 Å². The molecule has 0 saturated heterocycles. The Hall–Kier alpha value is -4.73. The number of sulfonamides is 1. The first-order valence-electron chi connectivity index (χ1n) is 12.9. The number of nitrogen functional groups attached to an aromatic ring is 1. The van der Waals surface area contributed by atoms with E-state index in [1.807, 2.05) is 55.5 Å². The Bertz CT molecular complexity index is 1900. The van der Waals surface area contributed by atoms with Gasteiger partial charge in [-0.1, -0.05) is 49.1 Å². The van der Waals surface area contributed by atoms with Crippen molar-refractivity contribution in [1.82, 2.24) is 29.2 Å². The Kier molecular flexibility index (Phi) is 7.49. The van der Waals surface area contributed by atoms with Gasteiger partial charge in [0.05, 0.1) is 24.8 Å². The standard InChI is InChI=1S/C29H29N7O4S/c1-18-13-14-20-17-23(19(2)33-28(37)26-27(30)34-24-12-8-15-31-36(24)26)35(21-9-5-4-6-10-21)29(38)25(20)22(18)11-7-16-32-41(3,39)40/h4-6,8-10,12-15,17-19,22,32H,16,30H2,1-3H3,(H,33,37)/t18?,19-,22?/m0/s1. The summed E-state index contributed by atoms with van der Waals surface area (Å²) >= 11 is 0. The molecule has 4 aromatic rings. The molecule has 4 N–H and O–H groups in total. The number of nitrogens with one attached hydrogen (secondary N) is 2. The van der Waals surface area contributed by atoms with Crippen LogP contribution < -0.4 is 21.3 Å². The maximum absolute atomic E-state index is 14.2. The average molecular weight is 572 g/mol. The molecule has 1 aliphatic carbocycles. The number of fused-ring (bicyclic) bond motifs is 2. The van der Waals surface area contributed by atoms with Crippen molar-refractivity contribution >= 4 is 33.5 Å². The lowest BCUT2D eigenvalue weighted by atomic mass is 9.80. The third-order valence-electron chi connectivity index (χ3n) is 6.84. The molecule has 1 amide bonds. The lowest BCUT2D eigenvalue weighted by Crippen LogP contribution is -2.36. The molecule has 0 radical (unpaired) electrons. The van der Waals surface area contributed by atoms with Gasteiger partial charge in [0.2, 0.25) is 10.0 Å². The SMILES string of the molecule is CC1C=Cc2cc([C@H](C)NC(=O)c3c(N)nc4cccnn34)n(-c3ccccc3)c(=O)c2C1C#CCNS(C)(=O)=O. The quantitative estimate of drug-likeness (QED) is 0.300. The summed E-state index contributed by atoms with van der Waals surface area (Å²) in [6, 6.07) is 13.8. The number of hydrogen-bond acceptors (Lipinski definition) is 7. The fourth-order valence-electron chi connectivity index (χ4n) is 4.89. The number of para-hydroxylation sites is 1. The number of nitrogens with zero attached hydrogens (tertiary/aromatic N) is 4. The minimum Gasteiger partial charge on any atom is -0.382 e. The van der Waals surface area contributed by atoms with Crippen molar-refractivity contribution in [2.45, 2.75) is 25.8 Å².